The van der Waals surface area contributed by atoms with Gasteiger partial charge in [-0.3, -0.25) is 48.4 Å². The number of nitrogens with zero attached hydrogens (tertiary/aromatic N) is 1. The zero-order valence-corrected chi connectivity index (χ0v) is 82.6. The van der Waals surface area contributed by atoms with Crippen LogP contribution in [-0.4, -0.2) is 234 Å². The van der Waals surface area contributed by atoms with E-state index >= 15 is 0 Å². The molecule has 0 aliphatic heterocycles. The quantitative estimate of drug-likeness (QED) is 0.00225. The molecule has 672 valence electrons. The number of carbonyl (C=O) groups excluding carboxylic acids is 8. The monoisotopic (exact) mass is 1880 g/mol. The van der Waals surface area contributed by atoms with Crippen LogP contribution in [0.1, 0.15) is 132 Å². The van der Waals surface area contributed by atoms with Gasteiger partial charge in [-0.05, 0) is 91.2 Å². The minimum atomic E-state index is -5.51. The maximum absolute atomic E-state index is 14.9. The first-order valence-electron chi connectivity index (χ1n) is 37.8. The van der Waals surface area contributed by atoms with Crippen LogP contribution < -0.4 is 162 Å². The third kappa shape index (κ3) is 43.4. The number of phenolic OH excluding ortho intramolecular Hbond substituents is 1. The van der Waals surface area contributed by atoms with E-state index in [0.717, 1.165) is 30.3 Å². The number of hydrogen-bond acceptors (Lipinski definition) is 30. The van der Waals surface area contributed by atoms with Gasteiger partial charge in [0.2, 0.25) is 77.3 Å². The van der Waals surface area contributed by atoms with Gasteiger partial charge in [-0.1, -0.05) is 97.9 Å². The van der Waals surface area contributed by atoms with E-state index in [-0.39, 0.29) is 217 Å². The summed E-state index contributed by atoms with van der Waals surface area (Å²) < 4.78 is 172. The van der Waals surface area contributed by atoms with E-state index in [9.17, 15) is 105 Å². The number of benzene rings is 4. The molecule has 4 atom stereocenters. The number of nitrogens with two attached hydrogens (primary N) is 1. The summed E-state index contributed by atoms with van der Waals surface area (Å²) in [5.41, 5.74) is 6.16. The fourth-order valence-electron chi connectivity index (χ4n) is 11.3. The van der Waals surface area contributed by atoms with Crippen molar-refractivity contribution in [2.45, 2.75) is 171 Å². The number of sulfonamides is 3. The molecule has 0 bridgehead atoms. The number of hydrogen-bond donors (Lipinski definition) is 13. The smallest absolute Gasteiger partial charge is 0.748 e. The summed E-state index contributed by atoms with van der Waals surface area (Å²) in [6.45, 7) is 34.8. The molecule has 0 aromatic heterocycles. The van der Waals surface area contributed by atoms with Gasteiger partial charge in [0, 0.05) is 149 Å². The number of rotatable bonds is 57. The van der Waals surface area contributed by atoms with Crippen molar-refractivity contribution in [3.8, 4) is 5.75 Å². The molecule has 0 aliphatic carbocycles. The van der Waals surface area contributed by atoms with E-state index in [1.807, 2.05) is 4.72 Å². The Labute approximate surface area is 789 Å². The van der Waals surface area contributed by atoms with E-state index in [1.165, 1.54) is 103 Å². The first-order valence-corrected chi connectivity index (χ1v) is 47.2. The van der Waals surface area contributed by atoms with Crippen LogP contribution in [0, 0.1) is 0 Å². The number of nitrogens with one attached hydrogen (secondary N) is 11. The van der Waals surface area contributed by atoms with Crippen LogP contribution in [0.15, 0.2) is 99.7 Å². The summed E-state index contributed by atoms with van der Waals surface area (Å²) in [6.07, 6.45) is 11.7. The predicted octanol–water partition coefficient (Wildman–Crippen LogP) is -8.81. The van der Waals surface area contributed by atoms with E-state index in [4.69, 9.17) is 5.73 Å². The van der Waals surface area contributed by atoms with Gasteiger partial charge >= 0.3 is 88.7 Å². The molecule has 0 saturated carbocycles. The van der Waals surface area contributed by atoms with Crippen molar-refractivity contribution in [2.75, 3.05) is 102 Å². The number of carbonyl (C=O) groups is 8. The summed E-state index contributed by atoms with van der Waals surface area (Å²) in [5.74, 6) is -10.8. The molecule has 4 aromatic rings. The second-order valence-electron chi connectivity index (χ2n) is 27.6. The zero-order chi connectivity index (χ0) is 90.1. The van der Waals surface area contributed by atoms with Crippen molar-refractivity contribution in [3.63, 3.8) is 0 Å². The Morgan fingerprint density at radius 3 is 0.967 bits per heavy atom. The molecule has 0 aliphatic rings. The topological polar surface area (TPSA) is 615 Å². The Morgan fingerprint density at radius 2 is 0.680 bits per heavy atom. The first kappa shape index (κ1) is 119. The van der Waals surface area contributed by atoms with Crippen LogP contribution in [0.5, 0.6) is 5.75 Å². The number of amides is 8. The molecular weight excluding hydrogens is 1770 g/mol. The second kappa shape index (κ2) is 60.2. The normalized spacial score (nSPS) is 12.6. The Morgan fingerprint density at radius 1 is 0.418 bits per heavy atom. The third-order valence-electron chi connectivity index (χ3n) is 17.4. The number of aromatic hydroxyl groups is 1. The van der Waals surface area contributed by atoms with E-state index in [2.05, 4.69) is 125 Å². The average molecular weight is 1890 g/mol. The molecule has 4 aromatic carbocycles. The van der Waals surface area contributed by atoms with Crippen LogP contribution in [0.4, 0.5) is 0 Å². The minimum Gasteiger partial charge on any atom is -0.748 e. The molecule has 14 N–H and O–H groups in total. The van der Waals surface area contributed by atoms with E-state index < -0.39 is 175 Å². The van der Waals surface area contributed by atoms with Gasteiger partial charge in [-0.25, -0.2) is 42.1 Å². The zero-order valence-electron chi connectivity index (χ0n) is 70.8. The predicted molar refractivity (Wildman–Crippen MR) is 442 cm³/mol. The number of unbranched alkanes of at least 4 members (excludes halogenated alkanes) is 4. The molecule has 0 fully saturated rings. The minimum absolute atomic E-state index is 0. The largest absolute Gasteiger partial charge is 1.00 e. The van der Waals surface area contributed by atoms with Crippen LogP contribution in [-0.2, 0) is 107 Å². The maximum Gasteiger partial charge on any atom is 1.00 e. The van der Waals surface area contributed by atoms with Crippen LogP contribution >= 0.6 is 24.1 Å². The second-order valence-corrected chi connectivity index (χ2v) is 37.0. The van der Waals surface area contributed by atoms with E-state index in [0.29, 0.717) is 24.6 Å². The van der Waals surface area contributed by atoms with Crippen molar-refractivity contribution < 1.29 is 217 Å². The molecule has 0 spiro atoms. The molecule has 8 amide bonds. The molecule has 0 saturated heterocycles. The Hall–Kier alpha value is -4.63. The van der Waals surface area contributed by atoms with Gasteiger partial charge in [0.25, 0.3) is 0 Å². The Bertz CT molecular complexity index is 4700. The van der Waals surface area contributed by atoms with Crippen LogP contribution in [0.2, 0.25) is 0 Å². The molecular formula is C72H112N13Na3O27S7. The molecule has 122 heavy (non-hydrogen) atoms. The molecule has 40 nitrogen and oxygen atoms in total. The molecule has 4 rings (SSSR count). The maximum atomic E-state index is 14.9. The van der Waals surface area contributed by atoms with Gasteiger partial charge in [0.05, 0.1) is 78.6 Å². The summed E-state index contributed by atoms with van der Waals surface area (Å²) in [6, 6.07) is -2.04. The summed E-state index contributed by atoms with van der Waals surface area (Å²) in [7, 11) is -25.9. The van der Waals surface area contributed by atoms with Gasteiger partial charge < -0.3 is 77.5 Å². The van der Waals surface area contributed by atoms with Gasteiger partial charge in [0.1, 0.15) is 23.9 Å². The standard InChI is InChI=1S/C46H61N9O22S6.C16H36N.C10H19N3O5S.3Na/c1-25(2)41(57)47-14-7-17-50-44(60)32(22-78-76-74-63)53-81(68,69)36-20-35(56)28-10-11-30-38(83(72,73)55-34(24-80(65,66)67)46(62)52-19-9-16-49-43(59)27(5)6)21-37(31-13-12-29(36)39(28)40(30)31)82(70,71)54-33(23-79-77-75-64)45(61)51-18-8-15-48-42(58)26(3)4;1-5-9-13-17(14-10-6-2,15-11-7-3)16-12-8-4;1-7(2)9(14)12-4-3-5-13-10(15)8(11)6-19(16,17)18;;;/h10-13,20-21,32-34,53-56,63-64H,1,3,5,7-9,14-19,22-24H2,2,4,6H3,(H,47,57)(H,48,58)(H,49,59)(H,50,60)(H,51,61)(H,52,62)(H,65,66,67);5-16H2,1-4H3;8H,1,3-6,11H2,2H3,(H,12,14)(H,13,15)(H,16,17,18);;;/q;+1;;3*+1/p-4. The summed E-state index contributed by atoms with van der Waals surface area (Å²) >= 11 is 0.358. The van der Waals surface area contributed by atoms with E-state index in [1.54, 1.807) is 6.92 Å². The van der Waals surface area contributed by atoms with Gasteiger partial charge in [0.15, 0.2) is 0 Å². The average Bonchev–Trinajstić information content (AvgIpc) is 0.703. The molecule has 50 heteroatoms. The van der Waals surface area contributed by atoms with Crippen molar-refractivity contribution in [1.82, 2.24) is 56.7 Å². The van der Waals surface area contributed by atoms with Gasteiger partial charge in [-0.2, -0.15) is 22.8 Å². The number of quaternary nitrogens is 1. The first-order chi connectivity index (χ1) is 55.7. The summed E-state index contributed by atoms with van der Waals surface area (Å²) in [4.78, 5) is 95.8. The SMILES string of the molecule is C=C(C)C(=O)NCCCNC(=O)C(CSOO[O-])NS(=O)(=O)c1cc(O)c2ccc3c(S(=O)(=O)NC(CS(=O)(=O)[O-])C(=O)NCCCNC(=O)C(=C)C)cc(S(=O)(=O)NC(CSOO[O-])C(=O)NCCCNC(=O)C(=C)C)c4ccc1c2c43.C=C(C)C(=O)NCCCNC(=O)C(N)CS(=O)(=O)[O-].CCCC[N+](CCCC)(CCCC)CCCC.[Na+].[Na+].[Na+]. The van der Waals surface area contributed by atoms with Crippen molar-refractivity contribution in [1.29, 1.82) is 0 Å². The summed E-state index contributed by atoms with van der Waals surface area (Å²) in [5, 5.41) is 56.9. The van der Waals surface area contributed by atoms with Crippen molar-refractivity contribution >= 4 is 154 Å². The van der Waals surface area contributed by atoms with Crippen molar-refractivity contribution in [2.24, 2.45) is 5.73 Å². The van der Waals surface area contributed by atoms with Gasteiger partial charge in [-0.15, -0.1) is 0 Å². The fraction of sp³-hybridized carbons (Fsp3) is 0.556. The Balaban J connectivity index is 0. The van der Waals surface area contributed by atoms with Crippen LogP contribution in [0.3, 0.4) is 0 Å². The molecule has 4 unspecified atom stereocenters. The van der Waals surface area contributed by atoms with Crippen LogP contribution in [0.25, 0.3) is 32.3 Å². The third-order valence-corrected chi connectivity index (χ3v) is 24.7. The fourth-order valence-corrected chi connectivity index (χ4v) is 18.1. The molecule has 0 radical (unpaired) electrons. The number of phenols is 1. The van der Waals surface area contributed by atoms with Crippen molar-refractivity contribution in [3.05, 3.63) is 85.0 Å². The molecule has 0 heterocycles. The Kier molecular flexibility index (Phi) is 58.9.